The average molecular weight is 222 g/mol. The van der Waals surface area contributed by atoms with E-state index >= 15 is 0 Å². The smallest absolute Gasteiger partial charge is 0.119 e. The first-order valence-corrected chi connectivity index (χ1v) is 5.26. The molecule has 16 heavy (non-hydrogen) atoms. The maximum Gasteiger partial charge on any atom is 0.119 e. The number of ether oxygens (including phenoxy) is 3. The predicted molar refractivity (Wildman–Crippen MR) is 63.7 cm³/mol. The third-order valence-electron chi connectivity index (χ3n) is 1.99. The van der Waals surface area contributed by atoms with Gasteiger partial charge in [-0.2, -0.15) is 0 Å². The Bertz CT molecular complexity index is 293. The molecule has 88 valence electrons. The minimum absolute atomic E-state index is 0.531. The van der Waals surface area contributed by atoms with Crippen LogP contribution in [-0.4, -0.2) is 26.9 Å². The van der Waals surface area contributed by atoms with Crippen molar-refractivity contribution in [1.82, 2.24) is 0 Å². The van der Waals surface area contributed by atoms with E-state index in [0.717, 1.165) is 11.3 Å². The van der Waals surface area contributed by atoms with Crippen molar-refractivity contribution in [3.63, 3.8) is 0 Å². The van der Waals surface area contributed by atoms with Crippen LogP contribution in [0.15, 0.2) is 36.9 Å². The summed E-state index contributed by atoms with van der Waals surface area (Å²) in [5, 5.41) is 0. The summed E-state index contributed by atoms with van der Waals surface area (Å²) in [4.78, 5) is 0. The van der Waals surface area contributed by atoms with Crippen molar-refractivity contribution in [3.8, 4) is 5.75 Å². The SMILES string of the molecule is C=CCOc1ccc(COCCOC)cc1. The van der Waals surface area contributed by atoms with E-state index in [1.807, 2.05) is 24.3 Å². The van der Waals surface area contributed by atoms with Gasteiger partial charge in [-0.25, -0.2) is 0 Å². The quantitative estimate of drug-likeness (QED) is 0.499. The summed E-state index contributed by atoms with van der Waals surface area (Å²) >= 11 is 0. The van der Waals surface area contributed by atoms with Crippen LogP contribution in [-0.2, 0) is 16.1 Å². The number of rotatable bonds is 8. The molecular weight excluding hydrogens is 204 g/mol. The first-order valence-electron chi connectivity index (χ1n) is 5.26. The van der Waals surface area contributed by atoms with Crippen LogP contribution < -0.4 is 4.74 Å². The Balaban J connectivity index is 2.30. The lowest BCUT2D eigenvalue weighted by Crippen LogP contribution is -2.01. The van der Waals surface area contributed by atoms with Crippen molar-refractivity contribution in [1.29, 1.82) is 0 Å². The van der Waals surface area contributed by atoms with Gasteiger partial charge in [-0.1, -0.05) is 24.8 Å². The summed E-state index contributed by atoms with van der Waals surface area (Å²) in [6.45, 7) is 5.97. The third kappa shape index (κ3) is 4.96. The summed E-state index contributed by atoms with van der Waals surface area (Å²) in [6, 6.07) is 7.84. The van der Waals surface area contributed by atoms with Crippen LogP contribution >= 0.6 is 0 Å². The average Bonchev–Trinajstić information content (AvgIpc) is 2.33. The molecule has 0 radical (unpaired) electrons. The molecule has 3 nitrogen and oxygen atoms in total. The molecule has 0 fully saturated rings. The Morgan fingerprint density at radius 2 is 1.94 bits per heavy atom. The second-order valence-electron chi connectivity index (χ2n) is 3.29. The number of hydrogen-bond donors (Lipinski definition) is 0. The zero-order chi connectivity index (χ0) is 11.6. The van der Waals surface area contributed by atoms with E-state index in [1.54, 1.807) is 13.2 Å². The van der Waals surface area contributed by atoms with Gasteiger partial charge in [0.25, 0.3) is 0 Å². The highest BCUT2D eigenvalue weighted by Gasteiger charge is 1.95. The zero-order valence-electron chi connectivity index (χ0n) is 9.65. The molecule has 0 saturated heterocycles. The van der Waals surface area contributed by atoms with Gasteiger partial charge < -0.3 is 14.2 Å². The molecule has 0 N–H and O–H groups in total. The van der Waals surface area contributed by atoms with Crippen LogP contribution in [0.25, 0.3) is 0 Å². The largest absolute Gasteiger partial charge is 0.490 e. The van der Waals surface area contributed by atoms with Crippen molar-refractivity contribution in [2.45, 2.75) is 6.61 Å². The van der Waals surface area contributed by atoms with Gasteiger partial charge in [0.15, 0.2) is 0 Å². The van der Waals surface area contributed by atoms with Gasteiger partial charge in [0.2, 0.25) is 0 Å². The van der Waals surface area contributed by atoms with E-state index in [0.29, 0.717) is 26.4 Å². The zero-order valence-corrected chi connectivity index (χ0v) is 9.65. The highest BCUT2D eigenvalue weighted by atomic mass is 16.5. The van der Waals surface area contributed by atoms with Gasteiger partial charge in [-0.15, -0.1) is 0 Å². The maximum atomic E-state index is 5.40. The van der Waals surface area contributed by atoms with E-state index < -0.39 is 0 Å². The molecule has 0 unspecified atom stereocenters. The van der Waals surface area contributed by atoms with Crippen LogP contribution in [0.4, 0.5) is 0 Å². The Morgan fingerprint density at radius 1 is 1.19 bits per heavy atom. The fraction of sp³-hybridized carbons (Fsp3) is 0.385. The topological polar surface area (TPSA) is 27.7 Å². The maximum absolute atomic E-state index is 5.40. The molecule has 0 aliphatic rings. The predicted octanol–water partition coefficient (Wildman–Crippen LogP) is 2.41. The van der Waals surface area contributed by atoms with Gasteiger partial charge in [0.05, 0.1) is 19.8 Å². The molecular formula is C13H18O3. The van der Waals surface area contributed by atoms with E-state index in [9.17, 15) is 0 Å². The minimum atomic E-state index is 0.531. The number of methoxy groups -OCH3 is 1. The molecule has 1 aromatic rings. The molecule has 0 saturated carbocycles. The summed E-state index contributed by atoms with van der Waals surface area (Å²) in [5.74, 6) is 0.848. The fourth-order valence-electron chi connectivity index (χ4n) is 1.17. The van der Waals surface area contributed by atoms with E-state index in [1.165, 1.54) is 0 Å². The number of benzene rings is 1. The van der Waals surface area contributed by atoms with Crippen molar-refractivity contribution in [2.75, 3.05) is 26.9 Å². The molecule has 0 atom stereocenters. The summed E-state index contributed by atoms with van der Waals surface area (Å²) in [5.41, 5.74) is 1.13. The first-order chi connectivity index (χ1) is 7.86. The Hall–Kier alpha value is -1.32. The van der Waals surface area contributed by atoms with Crippen molar-refractivity contribution in [2.24, 2.45) is 0 Å². The van der Waals surface area contributed by atoms with E-state index in [2.05, 4.69) is 6.58 Å². The molecule has 0 aliphatic heterocycles. The Morgan fingerprint density at radius 3 is 2.56 bits per heavy atom. The lowest BCUT2D eigenvalue weighted by Gasteiger charge is -2.06. The van der Waals surface area contributed by atoms with Crippen molar-refractivity contribution in [3.05, 3.63) is 42.5 Å². The highest BCUT2D eigenvalue weighted by molar-refractivity contribution is 5.26. The van der Waals surface area contributed by atoms with E-state index in [4.69, 9.17) is 14.2 Å². The standard InChI is InChI=1S/C13H18O3/c1-3-8-16-13-6-4-12(5-7-13)11-15-10-9-14-2/h3-7H,1,8-11H2,2H3. The third-order valence-corrected chi connectivity index (χ3v) is 1.99. The van der Waals surface area contributed by atoms with Crippen LogP contribution in [0.1, 0.15) is 5.56 Å². The second kappa shape index (κ2) is 7.91. The molecule has 1 aromatic carbocycles. The lowest BCUT2D eigenvalue weighted by atomic mass is 10.2. The molecule has 0 bridgehead atoms. The van der Waals surface area contributed by atoms with Crippen molar-refractivity contribution < 1.29 is 14.2 Å². The first kappa shape index (κ1) is 12.7. The van der Waals surface area contributed by atoms with Gasteiger partial charge in [0.1, 0.15) is 12.4 Å². The molecule has 0 heterocycles. The Labute approximate surface area is 96.6 Å². The normalized spacial score (nSPS) is 10.1. The molecule has 0 spiro atoms. The van der Waals surface area contributed by atoms with Gasteiger partial charge in [0, 0.05) is 7.11 Å². The summed E-state index contributed by atoms with van der Waals surface area (Å²) < 4.78 is 15.7. The molecule has 0 aromatic heterocycles. The molecule has 0 amide bonds. The summed E-state index contributed by atoms with van der Waals surface area (Å²) in [7, 11) is 1.66. The molecule has 3 heteroatoms. The monoisotopic (exact) mass is 222 g/mol. The van der Waals surface area contributed by atoms with Crippen LogP contribution in [0.2, 0.25) is 0 Å². The van der Waals surface area contributed by atoms with Crippen LogP contribution in [0.3, 0.4) is 0 Å². The van der Waals surface area contributed by atoms with E-state index in [-0.39, 0.29) is 0 Å². The molecule has 0 aliphatic carbocycles. The van der Waals surface area contributed by atoms with Gasteiger partial charge in [-0.3, -0.25) is 0 Å². The summed E-state index contributed by atoms with van der Waals surface area (Å²) in [6.07, 6.45) is 1.72. The number of hydrogen-bond acceptors (Lipinski definition) is 3. The fourth-order valence-corrected chi connectivity index (χ4v) is 1.17. The van der Waals surface area contributed by atoms with Crippen LogP contribution in [0, 0.1) is 0 Å². The second-order valence-corrected chi connectivity index (χ2v) is 3.29. The van der Waals surface area contributed by atoms with Gasteiger partial charge >= 0.3 is 0 Å². The Kier molecular flexibility index (Phi) is 6.30. The minimum Gasteiger partial charge on any atom is -0.490 e. The lowest BCUT2D eigenvalue weighted by molar-refractivity contribution is 0.0616. The van der Waals surface area contributed by atoms with Gasteiger partial charge in [-0.05, 0) is 17.7 Å². The van der Waals surface area contributed by atoms with Crippen molar-refractivity contribution >= 4 is 0 Å². The van der Waals surface area contributed by atoms with Crippen LogP contribution in [0.5, 0.6) is 5.75 Å². The molecule has 1 rings (SSSR count). The highest BCUT2D eigenvalue weighted by Crippen LogP contribution is 2.12.